The van der Waals surface area contributed by atoms with Crippen molar-refractivity contribution < 1.29 is 22.7 Å². The fourth-order valence-electron chi connectivity index (χ4n) is 4.14. The molecule has 0 aromatic heterocycles. The molecule has 1 aliphatic heterocycles. The summed E-state index contributed by atoms with van der Waals surface area (Å²) in [6.07, 6.45) is 2.42. The quantitative estimate of drug-likeness (QED) is 0.498. The zero-order chi connectivity index (χ0) is 24.1. The maximum atomic E-state index is 13.1. The van der Waals surface area contributed by atoms with Gasteiger partial charge >= 0.3 is 0 Å². The number of piperidine rings is 1. The Labute approximate surface area is 200 Å². The SMILES string of the molecule is CC[C@H](Oc1ccc2ccccc2c1)C(=O)Nc1cc(S(=O)(=O)N2CCCCC2)ccc1OC. The van der Waals surface area contributed by atoms with Crippen LogP contribution >= 0.6 is 0 Å². The van der Waals surface area contributed by atoms with Gasteiger partial charge in [-0.25, -0.2) is 8.42 Å². The molecular formula is C26H30N2O5S. The average Bonchev–Trinajstić information content (AvgIpc) is 2.87. The summed E-state index contributed by atoms with van der Waals surface area (Å²) in [7, 11) is -2.17. The van der Waals surface area contributed by atoms with E-state index in [0.717, 1.165) is 30.0 Å². The van der Waals surface area contributed by atoms with E-state index in [1.807, 2.05) is 49.4 Å². The van der Waals surface area contributed by atoms with Gasteiger partial charge in [-0.05, 0) is 60.4 Å². The maximum absolute atomic E-state index is 13.1. The molecule has 1 aliphatic rings. The van der Waals surface area contributed by atoms with E-state index in [-0.39, 0.29) is 10.8 Å². The number of hydrogen-bond acceptors (Lipinski definition) is 5. The van der Waals surface area contributed by atoms with Crippen LogP contribution in [0.2, 0.25) is 0 Å². The minimum Gasteiger partial charge on any atom is -0.495 e. The van der Waals surface area contributed by atoms with Crippen molar-refractivity contribution in [3.63, 3.8) is 0 Å². The number of carbonyl (C=O) groups excluding carboxylic acids is 1. The Morgan fingerprint density at radius 3 is 2.44 bits per heavy atom. The summed E-state index contributed by atoms with van der Waals surface area (Å²) in [6, 6.07) is 18.2. The van der Waals surface area contributed by atoms with Crippen LogP contribution in [0.4, 0.5) is 5.69 Å². The zero-order valence-corrected chi connectivity index (χ0v) is 20.3. The van der Waals surface area contributed by atoms with Crippen LogP contribution in [-0.2, 0) is 14.8 Å². The van der Waals surface area contributed by atoms with Gasteiger partial charge in [-0.15, -0.1) is 0 Å². The smallest absolute Gasteiger partial charge is 0.265 e. The Morgan fingerprint density at radius 1 is 1.00 bits per heavy atom. The van der Waals surface area contributed by atoms with Crippen LogP contribution in [0.25, 0.3) is 10.8 Å². The molecule has 0 bridgehead atoms. The summed E-state index contributed by atoms with van der Waals surface area (Å²) >= 11 is 0. The molecule has 180 valence electrons. The molecule has 1 amide bonds. The highest BCUT2D eigenvalue weighted by Crippen LogP contribution is 2.30. The minimum absolute atomic E-state index is 0.133. The fraction of sp³-hybridized carbons (Fsp3) is 0.346. The van der Waals surface area contributed by atoms with E-state index in [1.54, 1.807) is 6.07 Å². The maximum Gasteiger partial charge on any atom is 0.265 e. The summed E-state index contributed by atoms with van der Waals surface area (Å²) in [6.45, 7) is 2.88. The number of rotatable bonds is 8. The van der Waals surface area contributed by atoms with Gasteiger partial charge in [-0.1, -0.05) is 43.7 Å². The van der Waals surface area contributed by atoms with Gasteiger partial charge in [-0.2, -0.15) is 4.31 Å². The molecule has 7 nitrogen and oxygen atoms in total. The number of carbonyl (C=O) groups is 1. The van der Waals surface area contributed by atoms with Crippen molar-refractivity contribution in [2.24, 2.45) is 0 Å². The lowest BCUT2D eigenvalue weighted by Crippen LogP contribution is -2.35. The van der Waals surface area contributed by atoms with Crippen LogP contribution in [0.15, 0.2) is 65.6 Å². The van der Waals surface area contributed by atoms with Gasteiger partial charge in [0.25, 0.3) is 5.91 Å². The summed E-state index contributed by atoms with van der Waals surface area (Å²) in [5.41, 5.74) is 0.297. The van der Waals surface area contributed by atoms with Crippen LogP contribution in [0.5, 0.6) is 11.5 Å². The highest BCUT2D eigenvalue weighted by atomic mass is 32.2. The van der Waals surface area contributed by atoms with Crippen LogP contribution in [0.1, 0.15) is 32.6 Å². The van der Waals surface area contributed by atoms with E-state index in [9.17, 15) is 13.2 Å². The Hall–Kier alpha value is -3.10. The first kappa shape index (κ1) is 24.0. The third-order valence-electron chi connectivity index (χ3n) is 6.04. The second-order valence-electron chi connectivity index (χ2n) is 8.34. The first-order chi connectivity index (χ1) is 16.4. The molecule has 8 heteroatoms. The number of sulfonamides is 1. The molecular weight excluding hydrogens is 452 g/mol. The van der Waals surface area contributed by atoms with Crippen LogP contribution in [0.3, 0.4) is 0 Å². The third-order valence-corrected chi connectivity index (χ3v) is 7.94. The van der Waals surface area contributed by atoms with Gasteiger partial charge < -0.3 is 14.8 Å². The molecule has 0 aliphatic carbocycles. The van der Waals surface area contributed by atoms with Crippen LogP contribution in [0, 0.1) is 0 Å². The number of nitrogens with zero attached hydrogens (tertiary/aromatic N) is 1. The highest BCUT2D eigenvalue weighted by molar-refractivity contribution is 7.89. The molecule has 3 aromatic carbocycles. The van der Waals surface area contributed by atoms with Gasteiger partial charge in [0.05, 0.1) is 17.7 Å². The van der Waals surface area contributed by atoms with Gasteiger partial charge in [0.15, 0.2) is 6.10 Å². The van der Waals surface area contributed by atoms with Gasteiger partial charge in [0, 0.05) is 13.1 Å². The molecule has 0 radical (unpaired) electrons. The van der Waals surface area contributed by atoms with Crippen molar-refractivity contribution in [2.45, 2.75) is 43.6 Å². The van der Waals surface area contributed by atoms with E-state index in [4.69, 9.17) is 9.47 Å². The van der Waals surface area contributed by atoms with Gasteiger partial charge in [0.1, 0.15) is 11.5 Å². The van der Waals surface area contributed by atoms with Gasteiger partial charge in [0.2, 0.25) is 10.0 Å². The monoisotopic (exact) mass is 482 g/mol. The first-order valence-corrected chi connectivity index (χ1v) is 13.0. The van der Waals surface area contributed by atoms with E-state index in [2.05, 4.69) is 5.32 Å². The number of fused-ring (bicyclic) bond motifs is 1. The van der Waals surface area contributed by atoms with Crippen LogP contribution in [-0.4, -0.2) is 44.9 Å². The highest BCUT2D eigenvalue weighted by Gasteiger charge is 2.27. The average molecular weight is 483 g/mol. The van der Waals surface area contributed by atoms with Crippen molar-refractivity contribution in [2.75, 3.05) is 25.5 Å². The van der Waals surface area contributed by atoms with Crippen molar-refractivity contribution >= 4 is 32.4 Å². The Morgan fingerprint density at radius 2 is 1.74 bits per heavy atom. The number of methoxy groups -OCH3 is 1. The summed E-state index contributed by atoms with van der Waals surface area (Å²) < 4.78 is 39.1. The van der Waals surface area contributed by atoms with E-state index >= 15 is 0 Å². The summed E-state index contributed by atoms with van der Waals surface area (Å²) in [5.74, 6) is 0.599. The second-order valence-corrected chi connectivity index (χ2v) is 10.3. The summed E-state index contributed by atoms with van der Waals surface area (Å²) in [5, 5.41) is 4.92. The predicted molar refractivity (Wildman–Crippen MR) is 133 cm³/mol. The van der Waals surface area contributed by atoms with E-state index in [1.165, 1.54) is 23.5 Å². The Balaban J connectivity index is 1.54. The molecule has 0 unspecified atom stereocenters. The van der Waals surface area contributed by atoms with Crippen LogP contribution < -0.4 is 14.8 Å². The second kappa shape index (κ2) is 10.4. The number of hydrogen-bond donors (Lipinski definition) is 1. The Kier molecular flexibility index (Phi) is 7.38. The molecule has 4 rings (SSSR count). The normalized spacial score (nSPS) is 15.6. The topological polar surface area (TPSA) is 84.9 Å². The molecule has 0 spiro atoms. The molecule has 1 saturated heterocycles. The number of amides is 1. The Bertz CT molecular complexity index is 1270. The lowest BCUT2D eigenvalue weighted by molar-refractivity contribution is -0.122. The lowest BCUT2D eigenvalue weighted by atomic mass is 10.1. The van der Waals surface area contributed by atoms with Gasteiger partial charge in [-0.3, -0.25) is 4.79 Å². The minimum atomic E-state index is -3.65. The number of benzene rings is 3. The third kappa shape index (κ3) is 5.18. The van der Waals surface area contributed by atoms with E-state index in [0.29, 0.717) is 36.7 Å². The van der Waals surface area contributed by atoms with Crippen molar-refractivity contribution in [3.05, 3.63) is 60.7 Å². The fourth-order valence-corrected chi connectivity index (χ4v) is 5.68. The van der Waals surface area contributed by atoms with Crippen molar-refractivity contribution in [1.82, 2.24) is 4.31 Å². The number of ether oxygens (including phenoxy) is 2. The van der Waals surface area contributed by atoms with E-state index < -0.39 is 16.1 Å². The summed E-state index contributed by atoms with van der Waals surface area (Å²) in [4.78, 5) is 13.2. The number of anilines is 1. The zero-order valence-electron chi connectivity index (χ0n) is 19.5. The van der Waals surface area contributed by atoms with Crippen molar-refractivity contribution in [3.8, 4) is 11.5 Å². The molecule has 0 saturated carbocycles. The molecule has 1 atom stereocenters. The molecule has 3 aromatic rings. The largest absolute Gasteiger partial charge is 0.495 e. The lowest BCUT2D eigenvalue weighted by Gasteiger charge is -2.26. The first-order valence-electron chi connectivity index (χ1n) is 11.6. The van der Waals surface area contributed by atoms with Crippen molar-refractivity contribution in [1.29, 1.82) is 0 Å². The standard InChI is InChI=1S/C26H30N2O5S/c1-3-24(33-21-12-11-19-9-5-6-10-20(19)17-21)26(29)27-23-18-22(13-14-25(23)32-2)34(30,31)28-15-7-4-8-16-28/h5-6,9-14,17-18,24H,3-4,7-8,15-16H2,1-2H3,(H,27,29)/t24-/m0/s1. The number of nitrogens with one attached hydrogen (secondary N) is 1. The molecule has 1 heterocycles. The molecule has 1 N–H and O–H groups in total. The molecule has 34 heavy (non-hydrogen) atoms. The molecule has 1 fully saturated rings. The predicted octanol–water partition coefficient (Wildman–Crippen LogP) is 4.82.